The number of hydrogen-bond acceptors (Lipinski definition) is 5. The summed E-state index contributed by atoms with van der Waals surface area (Å²) in [5.41, 5.74) is 0.865. The highest BCUT2D eigenvalue weighted by Gasteiger charge is 2.07. The Morgan fingerprint density at radius 1 is 1.33 bits per heavy atom. The van der Waals surface area contributed by atoms with Crippen molar-refractivity contribution in [2.75, 3.05) is 18.9 Å². The highest BCUT2D eigenvalue weighted by molar-refractivity contribution is 5.75. The van der Waals surface area contributed by atoms with Crippen LogP contribution >= 0.6 is 0 Å². The van der Waals surface area contributed by atoms with Crippen molar-refractivity contribution in [1.82, 2.24) is 15.5 Å². The predicted octanol–water partition coefficient (Wildman–Crippen LogP) is 1.28. The fraction of sp³-hybridized carbons (Fsp3) is 0.250. The van der Waals surface area contributed by atoms with Crippen LogP contribution in [0.2, 0.25) is 0 Å². The van der Waals surface area contributed by atoms with Gasteiger partial charge in [-0.1, -0.05) is 18.2 Å². The van der Waals surface area contributed by atoms with E-state index in [1.807, 2.05) is 30.3 Å². The quantitative estimate of drug-likeness (QED) is 0.830. The maximum absolute atomic E-state index is 11.0. The molecule has 1 aromatic carbocycles. The molecule has 0 aliphatic carbocycles. The Morgan fingerprint density at radius 2 is 2.11 bits per heavy atom. The molecule has 6 heteroatoms. The van der Waals surface area contributed by atoms with Crippen LogP contribution in [-0.4, -0.2) is 29.6 Å². The lowest BCUT2D eigenvalue weighted by molar-refractivity contribution is -0.120. The van der Waals surface area contributed by atoms with Crippen LogP contribution in [0.3, 0.4) is 0 Å². The van der Waals surface area contributed by atoms with Gasteiger partial charge < -0.3 is 15.2 Å². The van der Waals surface area contributed by atoms with Crippen LogP contribution in [0.15, 0.2) is 34.9 Å². The molecule has 0 fully saturated rings. The number of aromatic nitrogens is 2. The van der Waals surface area contributed by atoms with Crippen molar-refractivity contribution in [2.45, 2.75) is 6.42 Å². The molecule has 0 saturated carbocycles. The largest absolute Gasteiger partial charge is 0.359 e. The van der Waals surface area contributed by atoms with Crippen LogP contribution in [0.25, 0.3) is 11.5 Å². The molecule has 0 aliphatic rings. The Hall–Kier alpha value is -2.37. The van der Waals surface area contributed by atoms with Gasteiger partial charge in [0, 0.05) is 25.6 Å². The third kappa shape index (κ3) is 3.07. The first kappa shape index (κ1) is 12.1. The van der Waals surface area contributed by atoms with E-state index in [-0.39, 0.29) is 5.91 Å². The molecule has 18 heavy (non-hydrogen) atoms. The summed E-state index contributed by atoms with van der Waals surface area (Å²) in [6, 6.07) is 9.50. The van der Waals surface area contributed by atoms with Gasteiger partial charge in [-0.15, -0.1) is 0 Å². The maximum Gasteiger partial charge on any atom is 0.263 e. The Labute approximate surface area is 104 Å². The first-order chi connectivity index (χ1) is 8.79. The number of hydrogen-bond donors (Lipinski definition) is 2. The number of amides is 1. The van der Waals surface area contributed by atoms with E-state index in [4.69, 9.17) is 4.52 Å². The number of anilines is 1. The van der Waals surface area contributed by atoms with Crippen LogP contribution in [-0.2, 0) is 4.79 Å². The average molecular weight is 246 g/mol. The minimum atomic E-state index is -0.0331. The minimum Gasteiger partial charge on any atom is -0.359 e. The normalized spacial score (nSPS) is 10.1. The lowest BCUT2D eigenvalue weighted by Gasteiger charge is -1.99. The summed E-state index contributed by atoms with van der Waals surface area (Å²) in [5.74, 6) is 0.810. The van der Waals surface area contributed by atoms with Gasteiger partial charge >= 0.3 is 0 Å². The van der Waals surface area contributed by atoms with Gasteiger partial charge in [0.1, 0.15) is 0 Å². The smallest absolute Gasteiger partial charge is 0.263 e. The lowest BCUT2D eigenvalue weighted by atomic mass is 10.2. The molecular weight excluding hydrogens is 232 g/mol. The molecule has 2 N–H and O–H groups in total. The first-order valence-electron chi connectivity index (χ1n) is 5.63. The SMILES string of the molecule is CNC(=O)CCNc1noc(-c2ccccc2)n1. The van der Waals surface area contributed by atoms with Crippen LogP contribution in [0.1, 0.15) is 6.42 Å². The molecule has 6 nitrogen and oxygen atoms in total. The van der Waals surface area contributed by atoms with E-state index in [0.717, 1.165) is 5.56 Å². The molecule has 0 aliphatic heterocycles. The van der Waals surface area contributed by atoms with Gasteiger partial charge in [-0.25, -0.2) is 0 Å². The predicted molar refractivity (Wildman–Crippen MR) is 66.9 cm³/mol. The number of nitrogens with zero attached hydrogens (tertiary/aromatic N) is 2. The minimum absolute atomic E-state index is 0.0331. The first-order valence-corrected chi connectivity index (χ1v) is 5.63. The summed E-state index contributed by atoms with van der Waals surface area (Å²) < 4.78 is 5.11. The lowest BCUT2D eigenvalue weighted by Crippen LogP contribution is -2.21. The summed E-state index contributed by atoms with van der Waals surface area (Å²) in [5, 5.41) is 9.25. The molecule has 0 bridgehead atoms. The molecule has 1 heterocycles. The van der Waals surface area contributed by atoms with Crippen LogP contribution in [0, 0.1) is 0 Å². The second-order valence-electron chi connectivity index (χ2n) is 3.64. The van der Waals surface area contributed by atoms with Crippen molar-refractivity contribution in [1.29, 1.82) is 0 Å². The molecule has 0 spiro atoms. The van der Waals surface area contributed by atoms with Crippen LogP contribution < -0.4 is 10.6 Å². The van der Waals surface area contributed by atoms with E-state index >= 15 is 0 Å². The molecule has 1 amide bonds. The summed E-state index contributed by atoms with van der Waals surface area (Å²) in [6.45, 7) is 0.466. The fourth-order valence-electron chi connectivity index (χ4n) is 1.41. The molecule has 2 rings (SSSR count). The molecule has 1 aromatic heterocycles. The van der Waals surface area contributed by atoms with Crippen molar-refractivity contribution < 1.29 is 9.32 Å². The Morgan fingerprint density at radius 3 is 2.83 bits per heavy atom. The van der Waals surface area contributed by atoms with E-state index in [9.17, 15) is 4.79 Å². The van der Waals surface area contributed by atoms with Gasteiger partial charge in [-0.3, -0.25) is 4.79 Å². The van der Waals surface area contributed by atoms with E-state index in [1.165, 1.54) is 0 Å². The summed E-state index contributed by atoms with van der Waals surface area (Å²) in [4.78, 5) is 15.2. The molecule has 0 unspecified atom stereocenters. The number of carbonyl (C=O) groups excluding carboxylic acids is 1. The molecule has 2 aromatic rings. The number of nitrogens with one attached hydrogen (secondary N) is 2. The van der Waals surface area contributed by atoms with Gasteiger partial charge in [0.25, 0.3) is 11.8 Å². The molecule has 0 radical (unpaired) electrons. The Bertz CT molecular complexity index is 510. The topological polar surface area (TPSA) is 80.0 Å². The molecule has 0 atom stereocenters. The van der Waals surface area contributed by atoms with Crippen molar-refractivity contribution in [3.8, 4) is 11.5 Å². The van der Waals surface area contributed by atoms with E-state index in [2.05, 4.69) is 20.8 Å². The molecule has 0 saturated heterocycles. The summed E-state index contributed by atoms with van der Waals surface area (Å²) >= 11 is 0. The third-order valence-electron chi connectivity index (χ3n) is 2.36. The van der Waals surface area contributed by atoms with E-state index < -0.39 is 0 Å². The number of benzene rings is 1. The van der Waals surface area contributed by atoms with Gasteiger partial charge in [0.15, 0.2) is 0 Å². The average Bonchev–Trinajstić information content (AvgIpc) is 2.88. The third-order valence-corrected chi connectivity index (χ3v) is 2.36. The molecular formula is C12H14N4O2. The maximum atomic E-state index is 11.0. The zero-order chi connectivity index (χ0) is 12.8. The number of carbonyl (C=O) groups is 1. The van der Waals surface area contributed by atoms with Crippen molar-refractivity contribution in [3.63, 3.8) is 0 Å². The standard InChI is InChI=1S/C12H14N4O2/c1-13-10(17)7-8-14-12-15-11(18-16-12)9-5-3-2-4-6-9/h2-6H,7-8H2,1H3,(H,13,17)(H,14,16). The van der Waals surface area contributed by atoms with Gasteiger partial charge in [0.2, 0.25) is 5.91 Å². The van der Waals surface area contributed by atoms with E-state index in [1.54, 1.807) is 7.05 Å². The molecule has 94 valence electrons. The number of rotatable bonds is 5. The van der Waals surface area contributed by atoms with E-state index in [0.29, 0.717) is 24.8 Å². The second kappa shape index (κ2) is 5.81. The Balaban J connectivity index is 1.93. The fourth-order valence-corrected chi connectivity index (χ4v) is 1.41. The van der Waals surface area contributed by atoms with Crippen LogP contribution in [0.4, 0.5) is 5.95 Å². The highest BCUT2D eigenvalue weighted by atomic mass is 16.5. The van der Waals surface area contributed by atoms with Crippen molar-refractivity contribution in [2.24, 2.45) is 0 Å². The highest BCUT2D eigenvalue weighted by Crippen LogP contribution is 2.17. The van der Waals surface area contributed by atoms with Crippen LogP contribution in [0.5, 0.6) is 0 Å². The van der Waals surface area contributed by atoms with Crippen molar-refractivity contribution >= 4 is 11.9 Å². The van der Waals surface area contributed by atoms with Gasteiger partial charge in [-0.2, -0.15) is 4.98 Å². The zero-order valence-corrected chi connectivity index (χ0v) is 10.0. The summed E-state index contributed by atoms with van der Waals surface area (Å²) in [7, 11) is 1.60. The monoisotopic (exact) mass is 246 g/mol. The Kier molecular flexibility index (Phi) is 3.90. The van der Waals surface area contributed by atoms with Gasteiger partial charge in [0.05, 0.1) is 0 Å². The summed E-state index contributed by atoms with van der Waals surface area (Å²) in [6.07, 6.45) is 0.367. The van der Waals surface area contributed by atoms with Gasteiger partial charge in [-0.05, 0) is 17.3 Å². The zero-order valence-electron chi connectivity index (χ0n) is 10.0. The second-order valence-corrected chi connectivity index (χ2v) is 3.64. The van der Waals surface area contributed by atoms with Crippen molar-refractivity contribution in [3.05, 3.63) is 30.3 Å².